The zero-order valence-electron chi connectivity index (χ0n) is 15.9. The van der Waals surface area contributed by atoms with Crippen LogP contribution in [0.3, 0.4) is 0 Å². The van der Waals surface area contributed by atoms with Crippen molar-refractivity contribution in [2.24, 2.45) is 0 Å². The van der Waals surface area contributed by atoms with E-state index in [0.29, 0.717) is 25.3 Å². The molecule has 31 heavy (non-hydrogen) atoms. The molecule has 6 nitrogen and oxygen atoms in total. The average molecular weight is 591 g/mol. The Hall–Kier alpha value is -1.09. The molecule has 0 unspecified atom stereocenters. The summed E-state index contributed by atoms with van der Waals surface area (Å²) in [4.78, 5) is 12.3. The van der Waals surface area contributed by atoms with Gasteiger partial charge in [0.1, 0.15) is 22.4 Å². The number of aromatic nitrogens is 2. The van der Waals surface area contributed by atoms with Crippen LogP contribution in [0.15, 0.2) is 27.2 Å². The van der Waals surface area contributed by atoms with Crippen molar-refractivity contribution < 1.29 is 13.9 Å². The zero-order valence-corrected chi connectivity index (χ0v) is 21.3. The number of nitrogens with zero attached hydrogens (tertiary/aromatic N) is 2. The molecule has 0 atom stereocenters. The second kappa shape index (κ2) is 10.7. The van der Waals surface area contributed by atoms with E-state index in [2.05, 4.69) is 26.3 Å². The van der Waals surface area contributed by atoms with Gasteiger partial charge in [0.05, 0.1) is 25.2 Å². The summed E-state index contributed by atoms with van der Waals surface area (Å²) in [7, 11) is 0. The number of benzene rings is 1. The number of rotatable bonds is 8. The number of nitrogens with one attached hydrogen (secondary N) is 1. The van der Waals surface area contributed by atoms with Crippen molar-refractivity contribution in [1.82, 2.24) is 15.1 Å². The van der Waals surface area contributed by atoms with Gasteiger partial charge in [0.15, 0.2) is 11.5 Å². The second-order valence-electron chi connectivity index (χ2n) is 6.39. The summed E-state index contributed by atoms with van der Waals surface area (Å²) in [6.07, 6.45) is 2.61. The Morgan fingerprint density at radius 1 is 1.13 bits per heavy atom. The minimum Gasteiger partial charge on any atom is -0.482 e. The minimum absolute atomic E-state index is 0.0323. The van der Waals surface area contributed by atoms with E-state index in [9.17, 15) is 4.79 Å². The number of hydrogen-bond acceptors (Lipinski definition) is 4. The lowest BCUT2D eigenvalue weighted by Gasteiger charge is -2.12. The molecule has 0 spiro atoms. The summed E-state index contributed by atoms with van der Waals surface area (Å²) >= 11 is 33.7. The lowest BCUT2D eigenvalue weighted by Crippen LogP contribution is -2.24. The van der Waals surface area contributed by atoms with Crippen molar-refractivity contribution >= 4 is 79.8 Å². The maximum Gasteiger partial charge on any atom is 0.286 e. The van der Waals surface area contributed by atoms with Crippen LogP contribution in [0.1, 0.15) is 28.4 Å². The SMILES string of the molecule is Cc1nn(CCCNC(=O)c2ccc(COc3c(Cl)c(Cl)c(Cl)c(Cl)c3Cl)o2)cc1Br. The monoisotopic (exact) mass is 587 g/mol. The number of amides is 1. The Morgan fingerprint density at radius 2 is 1.77 bits per heavy atom. The number of halogens is 6. The first-order chi connectivity index (χ1) is 14.7. The smallest absolute Gasteiger partial charge is 0.286 e. The molecule has 0 aliphatic heterocycles. The first-order valence-electron chi connectivity index (χ1n) is 8.89. The van der Waals surface area contributed by atoms with E-state index in [1.54, 1.807) is 12.1 Å². The van der Waals surface area contributed by atoms with Crippen molar-refractivity contribution in [3.05, 3.63) is 65.1 Å². The number of carbonyl (C=O) groups excluding carboxylic acids is 1. The molecule has 12 heteroatoms. The predicted molar refractivity (Wildman–Crippen MR) is 126 cm³/mol. The van der Waals surface area contributed by atoms with Crippen LogP contribution in [0, 0.1) is 6.92 Å². The van der Waals surface area contributed by atoms with Crippen LogP contribution in [-0.4, -0.2) is 22.2 Å². The lowest BCUT2D eigenvalue weighted by molar-refractivity contribution is 0.0920. The van der Waals surface area contributed by atoms with E-state index in [4.69, 9.17) is 67.2 Å². The van der Waals surface area contributed by atoms with Gasteiger partial charge in [-0.2, -0.15) is 5.10 Å². The molecule has 0 bridgehead atoms. The molecule has 3 aromatic rings. The van der Waals surface area contributed by atoms with Crippen molar-refractivity contribution in [3.63, 3.8) is 0 Å². The van der Waals surface area contributed by atoms with E-state index in [0.717, 1.165) is 10.2 Å². The Kier molecular flexibility index (Phi) is 8.46. The Balaban J connectivity index is 1.52. The minimum atomic E-state index is -0.335. The standard InChI is InChI=1S/C19H15BrCl5N3O3/c1-9-11(20)7-28(27-9)6-2-5-26-19(29)12-4-3-10(31-12)8-30-18-16(24)14(22)13(21)15(23)17(18)25/h3-4,7H,2,5-6,8H2,1H3,(H,26,29). The molecule has 1 amide bonds. The van der Waals surface area contributed by atoms with Gasteiger partial charge < -0.3 is 14.5 Å². The topological polar surface area (TPSA) is 69.3 Å². The van der Waals surface area contributed by atoms with Gasteiger partial charge in [-0.25, -0.2) is 0 Å². The van der Waals surface area contributed by atoms with Crippen molar-refractivity contribution in [2.45, 2.75) is 26.5 Å². The van der Waals surface area contributed by atoms with Crippen LogP contribution in [0.25, 0.3) is 0 Å². The van der Waals surface area contributed by atoms with Gasteiger partial charge in [0.25, 0.3) is 5.91 Å². The third-order valence-electron chi connectivity index (χ3n) is 4.15. The largest absolute Gasteiger partial charge is 0.482 e. The first-order valence-corrected chi connectivity index (χ1v) is 11.6. The van der Waals surface area contributed by atoms with E-state index >= 15 is 0 Å². The highest BCUT2D eigenvalue weighted by atomic mass is 79.9. The molecule has 0 saturated carbocycles. The van der Waals surface area contributed by atoms with E-state index in [-0.39, 0.29) is 49.1 Å². The fourth-order valence-corrected chi connectivity index (χ4v) is 4.12. The number of carbonyl (C=O) groups is 1. The summed E-state index contributed by atoms with van der Waals surface area (Å²) in [6, 6.07) is 3.16. The third kappa shape index (κ3) is 5.83. The highest BCUT2D eigenvalue weighted by Crippen LogP contribution is 2.48. The molecule has 0 aliphatic carbocycles. The van der Waals surface area contributed by atoms with Crippen LogP contribution in [0.5, 0.6) is 5.75 Å². The number of ether oxygens (including phenoxy) is 1. The summed E-state index contributed by atoms with van der Waals surface area (Å²) < 4.78 is 13.9. The molecule has 3 rings (SSSR count). The zero-order chi connectivity index (χ0) is 22.7. The number of hydrogen-bond donors (Lipinski definition) is 1. The summed E-state index contributed by atoms with van der Waals surface area (Å²) in [5.74, 6) is 0.278. The lowest BCUT2D eigenvalue weighted by atomic mass is 10.3. The van der Waals surface area contributed by atoms with Crippen LogP contribution in [0.4, 0.5) is 0 Å². The normalized spacial score (nSPS) is 11.1. The predicted octanol–water partition coefficient (Wildman–Crippen LogP) is 7.21. The molecule has 166 valence electrons. The second-order valence-corrected chi connectivity index (χ2v) is 9.13. The highest BCUT2D eigenvalue weighted by molar-refractivity contribution is 9.10. The molecule has 2 heterocycles. The summed E-state index contributed by atoms with van der Waals surface area (Å²) in [5, 5.41) is 7.31. The van der Waals surface area contributed by atoms with Crippen LogP contribution in [0.2, 0.25) is 25.1 Å². The van der Waals surface area contributed by atoms with E-state index in [1.807, 2.05) is 17.8 Å². The average Bonchev–Trinajstić information content (AvgIpc) is 3.34. The van der Waals surface area contributed by atoms with Gasteiger partial charge in [-0.05, 0) is 41.4 Å². The van der Waals surface area contributed by atoms with Gasteiger partial charge in [0, 0.05) is 19.3 Å². The number of furan rings is 1. The van der Waals surface area contributed by atoms with Crippen molar-refractivity contribution in [1.29, 1.82) is 0 Å². The Labute approximate surface area is 211 Å². The van der Waals surface area contributed by atoms with Gasteiger partial charge in [-0.15, -0.1) is 0 Å². The molecule has 2 aromatic heterocycles. The van der Waals surface area contributed by atoms with E-state index in [1.165, 1.54) is 0 Å². The Bertz CT molecular complexity index is 1070. The molecule has 0 radical (unpaired) electrons. The van der Waals surface area contributed by atoms with Gasteiger partial charge in [-0.3, -0.25) is 9.48 Å². The quantitative estimate of drug-likeness (QED) is 0.171. The molecular weight excluding hydrogens is 575 g/mol. The fourth-order valence-electron chi connectivity index (χ4n) is 2.57. The molecule has 0 aliphatic rings. The van der Waals surface area contributed by atoms with Crippen LogP contribution >= 0.6 is 73.9 Å². The fraction of sp³-hybridized carbons (Fsp3) is 0.263. The molecule has 1 N–H and O–H groups in total. The Morgan fingerprint density at radius 3 is 2.39 bits per heavy atom. The first kappa shape index (κ1) is 24.6. The summed E-state index contributed by atoms with van der Waals surface area (Å²) in [5.41, 5.74) is 0.917. The summed E-state index contributed by atoms with van der Waals surface area (Å²) in [6.45, 7) is 3.01. The molecule has 1 aromatic carbocycles. The van der Waals surface area contributed by atoms with Gasteiger partial charge in [-0.1, -0.05) is 58.0 Å². The van der Waals surface area contributed by atoms with Crippen LogP contribution < -0.4 is 10.1 Å². The highest BCUT2D eigenvalue weighted by Gasteiger charge is 2.21. The van der Waals surface area contributed by atoms with Crippen molar-refractivity contribution in [2.75, 3.05) is 6.54 Å². The molecule has 0 saturated heterocycles. The van der Waals surface area contributed by atoms with Gasteiger partial charge in [0.2, 0.25) is 0 Å². The molecule has 0 fully saturated rings. The number of aryl methyl sites for hydroxylation is 2. The van der Waals surface area contributed by atoms with Crippen LogP contribution in [-0.2, 0) is 13.2 Å². The van der Waals surface area contributed by atoms with Crippen molar-refractivity contribution in [3.8, 4) is 5.75 Å². The van der Waals surface area contributed by atoms with Gasteiger partial charge >= 0.3 is 0 Å². The van der Waals surface area contributed by atoms with E-state index < -0.39 is 0 Å². The third-order valence-corrected chi connectivity index (χ3v) is 7.17. The molecular formula is C19H15BrCl5N3O3. The maximum absolute atomic E-state index is 12.3. The maximum atomic E-state index is 12.3.